The molecule has 1 aromatic heterocycles. The highest BCUT2D eigenvalue weighted by atomic mass is 16.1. The molecule has 0 unspecified atom stereocenters. The zero-order valence-electron chi connectivity index (χ0n) is 5.72. The molecule has 0 atom stereocenters. The van der Waals surface area contributed by atoms with Crippen molar-refractivity contribution in [1.82, 2.24) is 10.2 Å². The molecular weight excluding hydrogens is 130 g/mol. The fourth-order valence-corrected chi connectivity index (χ4v) is 0.731. The number of carbonyl (C=O) groups is 1. The van der Waals surface area contributed by atoms with Gasteiger partial charge >= 0.3 is 0 Å². The van der Waals surface area contributed by atoms with E-state index in [0.717, 1.165) is 5.56 Å². The van der Waals surface area contributed by atoms with Gasteiger partial charge in [-0.05, 0) is 12.5 Å². The van der Waals surface area contributed by atoms with E-state index in [1.54, 1.807) is 6.20 Å². The van der Waals surface area contributed by atoms with Gasteiger partial charge in [0, 0.05) is 0 Å². The first-order chi connectivity index (χ1) is 4.75. The van der Waals surface area contributed by atoms with E-state index in [-0.39, 0.29) is 12.3 Å². The molecule has 0 radical (unpaired) electrons. The van der Waals surface area contributed by atoms with Crippen LogP contribution in [0.4, 0.5) is 0 Å². The summed E-state index contributed by atoms with van der Waals surface area (Å²) in [4.78, 5) is 10.9. The topological polar surface area (TPSA) is 71.8 Å². The van der Waals surface area contributed by atoms with Crippen LogP contribution < -0.4 is 5.73 Å². The molecule has 0 aliphatic rings. The van der Waals surface area contributed by atoms with Crippen molar-refractivity contribution in [2.75, 3.05) is 6.54 Å². The van der Waals surface area contributed by atoms with Crippen LogP contribution in [0.5, 0.6) is 0 Å². The van der Waals surface area contributed by atoms with Crippen molar-refractivity contribution in [1.29, 1.82) is 0 Å². The Morgan fingerprint density at radius 3 is 3.00 bits per heavy atom. The molecule has 54 valence electrons. The highest BCUT2D eigenvalue weighted by Gasteiger charge is 2.07. The van der Waals surface area contributed by atoms with Crippen LogP contribution in [0.1, 0.15) is 16.1 Å². The number of rotatable bonds is 2. The minimum absolute atomic E-state index is 0.0308. The third kappa shape index (κ3) is 1.06. The van der Waals surface area contributed by atoms with Crippen molar-refractivity contribution in [3.05, 3.63) is 17.5 Å². The average molecular weight is 139 g/mol. The fraction of sp³-hybridized carbons (Fsp3) is 0.333. The molecule has 4 nitrogen and oxygen atoms in total. The van der Waals surface area contributed by atoms with Crippen molar-refractivity contribution < 1.29 is 4.79 Å². The van der Waals surface area contributed by atoms with Crippen LogP contribution >= 0.6 is 0 Å². The average Bonchev–Trinajstić information content (AvgIpc) is 2.34. The molecule has 0 bridgehead atoms. The maximum Gasteiger partial charge on any atom is 0.194 e. The number of aromatic amines is 1. The Labute approximate surface area is 58.4 Å². The summed E-state index contributed by atoms with van der Waals surface area (Å²) < 4.78 is 0. The summed E-state index contributed by atoms with van der Waals surface area (Å²) in [5.74, 6) is -0.102. The van der Waals surface area contributed by atoms with Gasteiger partial charge in [0.1, 0.15) is 5.69 Å². The van der Waals surface area contributed by atoms with Gasteiger partial charge in [0.15, 0.2) is 5.78 Å². The summed E-state index contributed by atoms with van der Waals surface area (Å²) >= 11 is 0. The van der Waals surface area contributed by atoms with Gasteiger partial charge in [-0.3, -0.25) is 9.89 Å². The number of carbonyl (C=O) groups excluding carboxylic acids is 1. The molecule has 0 aromatic carbocycles. The predicted molar refractivity (Wildman–Crippen MR) is 36.7 cm³/mol. The van der Waals surface area contributed by atoms with E-state index in [1.807, 2.05) is 6.92 Å². The minimum Gasteiger partial charge on any atom is -0.324 e. The number of aromatic nitrogens is 2. The van der Waals surface area contributed by atoms with Gasteiger partial charge in [-0.15, -0.1) is 0 Å². The minimum atomic E-state index is -0.102. The summed E-state index contributed by atoms with van der Waals surface area (Å²) in [6, 6.07) is 0. The Morgan fingerprint density at radius 1 is 1.90 bits per heavy atom. The van der Waals surface area contributed by atoms with Gasteiger partial charge < -0.3 is 5.73 Å². The summed E-state index contributed by atoms with van der Waals surface area (Å²) in [5.41, 5.74) is 6.49. The smallest absolute Gasteiger partial charge is 0.194 e. The Bertz CT molecular complexity index is 241. The van der Waals surface area contributed by atoms with Crippen molar-refractivity contribution in [3.63, 3.8) is 0 Å². The normalized spacial score (nSPS) is 9.80. The first-order valence-electron chi connectivity index (χ1n) is 2.99. The number of nitrogens with zero attached hydrogens (tertiary/aromatic N) is 1. The predicted octanol–water partition coefficient (Wildman–Crippen LogP) is -0.140. The van der Waals surface area contributed by atoms with E-state index in [0.29, 0.717) is 5.69 Å². The standard InChI is InChI=1S/C6H9N3O/c1-4-3-8-9-6(4)5(10)2-7/h3H,2,7H2,1H3,(H,8,9). The van der Waals surface area contributed by atoms with Gasteiger partial charge in [-0.25, -0.2) is 0 Å². The highest BCUT2D eigenvalue weighted by molar-refractivity contribution is 5.96. The molecule has 0 saturated heterocycles. The van der Waals surface area contributed by atoms with Gasteiger partial charge in [-0.2, -0.15) is 5.10 Å². The second-order valence-electron chi connectivity index (χ2n) is 2.06. The molecule has 10 heavy (non-hydrogen) atoms. The molecule has 0 saturated carbocycles. The molecule has 1 heterocycles. The van der Waals surface area contributed by atoms with Crippen LogP contribution in [-0.4, -0.2) is 22.5 Å². The summed E-state index contributed by atoms with van der Waals surface area (Å²) in [6.07, 6.45) is 1.60. The van der Waals surface area contributed by atoms with Crippen molar-refractivity contribution in [2.24, 2.45) is 5.73 Å². The molecular formula is C6H9N3O. The largest absolute Gasteiger partial charge is 0.324 e. The number of ketones is 1. The number of aryl methyl sites for hydroxylation is 1. The first-order valence-corrected chi connectivity index (χ1v) is 2.99. The van der Waals surface area contributed by atoms with Crippen LogP contribution in [0.25, 0.3) is 0 Å². The highest BCUT2D eigenvalue weighted by Crippen LogP contribution is 2.01. The third-order valence-electron chi connectivity index (χ3n) is 1.29. The van der Waals surface area contributed by atoms with Gasteiger partial charge in [-0.1, -0.05) is 0 Å². The van der Waals surface area contributed by atoms with Crippen LogP contribution in [0.3, 0.4) is 0 Å². The first kappa shape index (κ1) is 6.95. The number of Topliss-reactive ketones (excluding diaryl/α,β-unsaturated/α-hetero) is 1. The molecule has 0 amide bonds. The van der Waals surface area contributed by atoms with Gasteiger partial charge in [0.05, 0.1) is 12.7 Å². The summed E-state index contributed by atoms with van der Waals surface area (Å²) in [6.45, 7) is 1.84. The Kier molecular flexibility index (Phi) is 1.82. The van der Waals surface area contributed by atoms with Crippen molar-refractivity contribution in [3.8, 4) is 0 Å². The van der Waals surface area contributed by atoms with E-state index in [1.165, 1.54) is 0 Å². The SMILES string of the molecule is Cc1cn[nH]c1C(=O)CN. The number of hydrogen-bond donors (Lipinski definition) is 2. The molecule has 0 aliphatic carbocycles. The molecule has 4 heteroatoms. The second-order valence-corrected chi connectivity index (χ2v) is 2.06. The van der Waals surface area contributed by atoms with Gasteiger partial charge in [0.2, 0.25) is 0 Å². The lowest BCUT2D eigenvalue weighted by molar-refractivity contribution is 0.0996. The van der Waals surface area contributed by atoms with E-state index < -0.39 is 0 Å². The fourth-order valence-electron chi connectivity index (χ4n) is 0.731. The lowest BCUT2D eigenvalue weighted by Crippen LogP contribution is -2.14. The molecule has 0 aliphatic heterocycles. The Morgan fingerprint density at radius 2 is 2.60 bits per heavy atom. The lowest BCUT2D eigenvalue weighted by atomic mass is 10.2. The van der Waals surface area contributed by atoms with E-state index in [4.69, 9.17) is 5.73 Å². The van der Waals surface area contributed by atoms with Crippen molar-refractivity contribution in [2.45, 2.75) is 6.92 Å². The van der Waals surface area contributed by atoms with E-state index >= 15 is 0 Å². The summed E-state index contributed by atoms with van der Waals surface area (Å²) in [7, 11) is 0. The lowest BCUT2D eigenvalue weighted by Gasteiger charge is -1.91. The number of nitrogens with one attached hydrogen (secondary N) is 1. The maximum atomic E-state index is 10.9. The molecule has 1 aromatic rings. The zero-order chi connectivity index (χ0) is 7.56. The molecule has 3 N–H and O–H groups in total. The third-order valence-corrected chi connectivity index (χ3v) is 1.29. The number of H-pyrrole nitrogens is 1. The number of nitrogens with two attached hydrogens (primary N) is 1. The zero-order valence-corrected chi connectivity index (χ0v) is 5.72. The second kappa shape index (κ2) is 2.62. The Hall–Kier alpha value is -1.16. The summed E-state index contributed by atoms with van der Waals surface area (Å²) in [5, 5.41) is 6.27. The van der Waals surface area contributed by atoms with Crippen LogP contribution in [0.2, 0.25) is 0 Å². The van der Waals surface area contributed by atoms with Crippen LogP contribution in [0, 0.1) is 6.92 Å². The van der Waals surface area contributed by atoms with E-state index in [2.05, 4.69) is 10.2 Å². The molecule has 0 fully saturated rings. The van der Waals surface area contributed by atoms with Crippen LogP contribution in [-0.2, 0) is 0 Å². The Balaban J connectivity index is 2.93. The number of hydrogen-bond acceptors (Lipinski definition) is 3. The maximum absolute atomic E-state index is 10.9. The van der Waals surface area contributed by atoms with Crippen LogP contribution in [0.15, 0.2) is 6.20 Å². The van der Waals surface area contributed by atoms with Crippen molar-refractivity contribution >= 4 is 5.78 Å². The van der Waals surface area contributed by atoms with E-state index in [9.17, 15) is 4.79 Å². The van der Waals surface area contributed by atoms with Gasteiger partial charge in [0.25, 0.3) is 0 Å². The molecule has 1 rings (SSSR count). The quantitative estimate of drug-likeness (QED) is 0.560. The monoisotopic (exact) mass is 139 g/mol. The molecule has 0 spiro atoms.